The molecule has 0 amide bonds. The van der Waals surface area contributed by atoms with Crippen LogP contribution < -0.4 is 5.73 Å². The molecule has 1 rings (SSSR count). The van der Waals surface area contributed by atoms with Gasteiger partial charge in [0.2, 0.25) is 6.79 Å². The van der Waals surface area contributed by atoms with Gasteiger partial charge in [-0.2, -0.15) is 0 Å². The van der Waals surface area contributed by atoms with E-state index in [1.54, 1.807) is 0 Å². The Kier molecular flexibility index (Phi) is 1.86. The maximum Gasteiger partial charge on any atom is 0.326 e. The molecule has 1 aliphatic heterocycles. The summed E-state index contributed by atoms with van der Waals surface area (Å²) in [5.41, 5.74) is 5.19. The van der Waals surface area contributed by atoms with E-state index in [-0.39, 0.29) is 13.2 Å². The zero-order valence-corrected chi connectivity index (χ0v) is 5.20. The third-order valence-corrected chi connectivity index (χ3v) is 1.11. The van der Waals surface area contributed by atoms with E-state index in [9.17, 15) is 9.59 Å². The van der Waals surface area contributed by atoms with Gasteiger partial charge in [0.05, 0.1) is 6.42 Å². The lowest BCUT2D eigenvalue weighted by molar-refractivity contribution is -0.160. The summed E-state index contributed by atoms with van der Waals surface area (Å²) < 4.78 is 8.76. The number of hydrogen-bond acceptors (Lipinski definition) is 5. The van der Waals surface area contributed by atoms with Crippen molar-refractivity contribution >= 4 is 11.9 Å². The minimum absolute atomic E-state index is 0.0984. The highest BCUT2D eigenvalue weighted by Crippen LogP contribution is 2.00. The van der Waals surface area contributed by atoms with E-state index in [1.165, 1.54) is 0 Å². The summed E-state index contributed by atoms with van der Waals surface area (Å²) in [4.78, 5) is 21.1. The molecule has 56 valence electrons. The average Bonchev–Trinajstić information content (AvgIpc) is 1.96. The van der Waals surface area contributed by atoms with Gasteiger partial charge in [0, 0.05) is 0 Å². The van der Waals surface area contributed by atoms with E-state index in [1.807, 2.05) is 0 Å². The predicted molar refractivity (Wildman–Crippen MR) is 29.6 cm³/mol. The fourth-order valence-electron chi connectivity index (χ4n) is 0.582. The summed E-state index contributed by atoms with van der Waals surface area (Å²) in [6, 6.07) is -0.866. The first-order chi connectivity index (χ1) is 4.70. The zero-order valence-electron chi connectivity index (χ0n) is 5.20. The number of hydrogen-bond donors (Lipinski definition) is 1. The molecule has 10 heavy (non-hydrogen) atoms. The molecule has 1 aliphatic rings. The molecule has 5 heteroatoms. The lowest BCUT2D eigenvalue weighted by atomic mass is 10.2. The van der Waals surface area contributed by atoms with Crippen LogP contribution in [0.25, 0.3) is 0 Å². The summed E-state index contributed by atoms with van der Waals surface area (Å²) >= 11 is 0. The van der Waals surface area contributed by atoms with Crippen molar-refractivity contribution in [3.8, 4) is 0 Å². The number of ether oxygens (including phenoxy) is 2. The Hall–Kier alpha value is -1.10. The van der Waals surface area contributed by atoms with E-state index in [4.69, 9.17) is 5.73 Å². The molecule has 0 aromatic heterocycles. The smallest absolute Gasteiger partial charge is 0.326 e. The van der Waals surface area contributed by atoms with Gasteiger partial charge in [-0.15, -0.1) is 0 Å². The summed E-state index contributed by atoms with van der Waals surface area (Å²) in [6.07, 6.45) is -0.0984. The summed E-state index contributed by atoms with van der Waals surface area (Å²) in [7, 11) is 0. The maximum atomic E-state index is 10.6. The van der Waals surface area contributed by atoms with Crippen molar-refractivity contribution in [3.63, 3.8) is 0 Å². The van der Waals surface area contributed by atoms with Gasteiger partial charge in [0.1, 0.15) is 6.04 Å². The number of cyclic esters (lactones) is 2. The van der Waals surface area contributed by atoms with Crippen LogP contribution in [0.2, 0.25) is 0 Å². The van der Waals surface area contributed by atoms with Crippen molar-refractivity contribution < 1.29 is 19.1 Å². The molecule has 5 nitrogen and oxygen atoms in total. The Morgan fingerprint density at radius 2 is 2.10 bits per heavy atom. The number of carbonyl (C=O) groups excluding carboxylic acids is 2. The van der Waals surface area contributed by atoms with E-state index in [0.717, 1.165) is 0 Å². The summed E-state index contributed by atoms with van der Waals surface area (Å²) in [6.45, 7) is -0.314. The third kappa shape index (κ3) is 1.44. The standard InChI is InChI=1S/C5H7NO4/c6-3-1-4(7)9-2-10-5(3)8/h3H,1-2,6H2. The lowest BCUT2D eigenvalue weighted by Gasteiger charge is -2.00. The van der Waals surface area contributed by atoms with Crippen molar-refractivity contribution in [1.82, 2.24) is 0 Å². The largest absolute Gasteiger partial charge is 0.428 e. The van der Waals surface area contributed by atoms with Crippen LogP contribution in [-0.4, -0.2) is 24.8 Å². The molecule has 0 radical (unpaired) electrons. The highest BCUT2D eigenvalue weighted by molar-refractivity contribution is 5.83. The van der Waals surface area contributed by atoms with Crippen molar-refractivity contribution in [3.05, 3.63) is 0 Å². The zero-order chi connectivity index (χ0) is 7.56. The molecule has 1 saturated heterocycles. The minimum Gasteiger partial charge on any atom is -0.428 e. The third-order valence-electron chi connectivity index (χ3n) is 1.11. The van der Waals surface area contributed by atoms with Gasteiger partial charge in [0.25, 0.3) is 0 Å². The lowest BCUT2D eigenvalue weighted by Crippen LogP contribution is -2.31. The van der Waals surface area contributed by atoms with Crippen LogP contribution in [0.1, 0.15) is 6.42 Å². The van der Waals surface area contributed by atoms with Crippen molar-refractivity contribution in [2.45, 2.75) is 12.5 Å². The van der Waals surface area contributed by atoms with Crippen LogP contribution in [0.3, 0.4) is 0 Å². The Morgan fingerprint density at radius 3 is 2.80 bits per heavy atom. The Labute approximate surface area is 57.1 Å². The van der Waals surface area contributed by atoms with E-state index in [0.29, 0.717) is 0 Å². The van der Waals surface area contributed by atoms with Gasteiger partial charge >= 0.3 is 11.9 Å². The van der Waals surface area contributed by atoms with Gasteiger partial charge < -0.3 is 15.2 Å². The molecule has 1 unspecified atom stereocenters. The monoisotopic (exact) mass is 145 g/mol. The van der Waals surface area contributed by atoms with Crippen LogP contribution in [-0.2, 0) is 19.1 Å². The molecular formula is C5H7NO4. The summed E-state index contributed by atoms with van der Waals surface area (Å²) in [5.74, 6) is -1.09. The highest BCUT2D eigenvalue weighted by atomic mass is 16.7. The minimum atomic E-state index is -0.866. The number of nitrogens with two attached hydrogens (primary N) is 1. The van der Waals surface area contributed by atoms with E-state index >= 15 is 0 Å². The first-order valence-corrected chi connectivity index (χ1v) is 2.78. The molecule has 0 aromatic carbocycles. The molecule has 0 aromatic rings. The number of carbonyl (C=O) groups is 2. The van der Waals surface area contributed by atoms with Crippen molar-refractivity contribution in [2.75, 3.05) is 6.79 Å². The van der Waals surface area contributed by atoms with Crippen LogP contribution in [0.4, 0.5) is 0 Å². The Balaban J connectivity index is 2.57. The van der Waals surface area contributed by atoms with Crippen LogP contribution in [0, 0.1) is 0 Å². The van der Waals surface area contributed by atoms with Crippen LogP contribution in [0.5, 0.6) is 0 Å². The second-order valence-electron chi connectivity index (χ2n) is 1.91. The predicted octanol–water partition coefficient (Wildman–Crippen LogP) is -1.24. The average molecular weight is 145 g/mol. The summed E-state index contributed by atoms with van der Waals surface area (Å²) in [5, 5.41) is 0. The Bertz CT molecular complexity index is 167. The van der Waals surface area contributed by atoms with Crippen molar-refractivity contribution in [2.24, 2.45) is 5.73 Å². The molecular weight excluding hydrogens is 138 g/mol. The van der Waals surface area contributed by atoms with Crippen LogP contribution in [0.15, 0.2) is 0 Å². The number of rotatable bonds is 0. The molecule has 0 bridgehead atoms. The van der Waals surface area contributed by atoms with E-state index < -0.39 is 18.0 Å². The highest BCUT2D eigenvalue weighted by Gasteiger charge is 2.23. The molecule has 1 atom stereocenters. The van der Waals surface area contributed by atoms with Crippen LogP contribution >= 0.6 is 0 Å². The SMILES string of the molecule is NC1CC(=O)OCOC1=O. The fourth-order valence-corrected chi connectivity index (χ4v) is 0.582. The van der Waals surface area contributed by atoms with Crippen molar-refractivity contribution in [1.29, 1.82) is 0 Å². The maximum absolute atomic E-state index is 10.6. The van der Waals surface area contributed by atoms with Gasteiger partial charge in [-0.25, -0.2) is 0 Å². The normalized spacial score (nSPS) is 26.7. The van der Waals surface area contributed by atoms with Gasteiger partial charge in [-0.3, -0.25) is 9.59 Å². The first kappa shape index (κ1) is 7.01. The first-order valence-electron chi connectivity index (χ1n) is 2.78. The quantitative estimate of drug-likeness (QED) is 0.431. The fraction of sp³-hybridized carbons (Fsp3) is 0.600. The van der Waals surface area contributed by atoms with E-state index in [2.05, 4.69) is 9.47 Å². The second-order valence-corrected chi connectivity index (χ2v) is 1.91. The molecule has 0 aliphatic carbocycles. The second kappa shape index (κ2) is 2.66. The molecule has 1 fully saturated rings. The number of esters is 2. The molecule has 1 heterocycles. The Morgan fingerprint density at radius 1 is 1.40 bits per heavy atom. The molecule has 0 spiro atoms. The molecule has 0 saturated carbocycles. The molecule has 2 N–H and O–H groups in total. The van der Waals surface area contributed by atoms with Gasteiger partial charge in [-0.05, 0) is 0 Å². The van der Waals surface area contributed by atoms with Gasteiger partial charge in [0.15, 0.2) is 0 Å². The van der Waals surface area contributed by atoms with Gasteiger partial charge in [-0.1, -0.05) is 0 Å². The topological polar surface area (TPSA) is 78.6 Å².